The van der Waals surface area contributed by atoms with Crippen molar-refractivity contribution in [3.8, 4) is 0 Å². The number of nitrogens with zero attached hydrogens (tertiary/aromatic N) is 1. The van der Waals surface area contributed by atoms with Crippen LogP contribution in [0.5, 0.6) is 0 Å². The Morgan fingerprint density at radius 2 is 1.38 bits per heavy atom. The van der Waals surface area contributed by atoms with Crippen molar-refractivity contribution in [2.45, 2.75) is 6.92 Å². The Morgan fingerprint density at radius 3 is 1.38 bits per heavy atom. The summed E-state index contributed by atoms with van der Waals surface area (Å²) in [5.41, 5.74) is 4.84. The Hall–Kier alpha value is -0.150. The molecule has 0 spiro atoms. The third-order valence-corrected chi connectivity index (χ3v) is 0. The highest BCUT2D eigenvalue weighted by Gasteiger charge is 1.58. The molecule has 0 aliphatic rings. The standard InChI is InChI=1S/C3H9N.C2H5NS/c1-4(2)3;1-2(3)4/h1-3H3;1H3,(H2,3,4). The number of hydrogen-bond donors (Lipinski definition) is 1. The monoisotopic (exact) mass is 134 g/mol. The van der Waals surface area contributed by atoms with Crippen LogP contribution in [0, 0.1) is 0 Å². The maximum Gasteiger partial charge on any atom is 0.0695 e. The van der Waals surface area contributed by atoms with Crippen molar-refractivity contribution in [1.29, 1.82) is 0 Å². The summed E-state index contributed by atoms with van der Waals surface area (Å²) in [7, 11) is 6.00. The van der Waals surface area contributed by atoms with Gasteiger partial charge in [-0.3, -0.25) is 0 Å². The van der Waals surface area contributed by atoms with Gasteiger partial charge in [-0.2, -0.15) is 0 Å². The lowest BCUT2D eigenvalue weighted by Gasteiger charge is -1.90. The van der Waals surface area contributed by atoms with E-state index in [1.54, 1.807) is 6.92 Å². The minimum atomic E-state index is 0.500. The number of nitrogens with two attached hydrogens (primary N) is 1. The fraction of sp³-hybridized carbons (Fsp3) is 0.800. The molecule has 0 unspecified atom stereocenters. The highest BCUT2D eigenvalue weighted by Crippen LogP contribution is 1.48. The minimum Gasteiger partial charge on any atom is -0.394 e. The third-order valence-electron chi connectivity index (χ3n) is 0. The molecule has 2 N–H and O–H groups in total. The molecule has 0 atom stereocenters. The smallest absolute Gasteiger partial charge is 0.0695 e. The lowest BCUT2D eigenvalue weighted by atomic mass is 10.8. The summed E-state index contributed by atoms with van der Waals surface area (Å²) in [6, 6.07) is 0. The zero-order valence-corrected chi connectivity index (χ0v) is 6.75. The topological polar surface area (TPSA) is 29.3 Å². The van der Waals surface area contributed by atoms with Crippen molar-refractivity contribution in [3.05, 3.63) is 0 Å². The van der Waals surface area contributed by atoms with E-state index in [4.69, 9.17) is 5.73 Å². The van der Waals surface area contributed by atoms with Crippen LogP contribution in [0.1, 0.15) is 6.92 Å². The van der Waals surface area contributed by atoms with Crippen LogP contribution in [0.2, 0.25) is 0 Å². The summed E-state index contributed by atoms with van der Waals surface area (Å²) in [5, 5.41) is 0. The lowest BCUT2D eigenvalue weighted by Crippen LogP contribution is -1.99. The Kier molecular flexibility index (Phi) is 9.22. The molecule has 50 valence electrons. The molecule has 0 aliphatic carbocycles. The lowest BCUT2D eigenvalue weighted by molar-refractivity contribution is 0.505. The molecule has 0 saturated carbocycles. The van der Waals surface area contributed by atoms with Gasteiger partial charge in [0.2, 0.25) is 0 Å². The van der Waals surface area contributed by atoms with E-state index < -0.39 is 0 Å². The molecule has 0 heterocycles. The highest BCUT2D eigenvalue weighted by molar-refractivity contribution is 7.80. The average Bonchev–Trinajstić information content (AvgIpc) is 1.25. The van der Waals surface area contributed by atoms with E-state index in [1.165, 1.54) is 0 Å². The van der Waals surface area contributed by atoms with Crippen LogP contribution < -0.4 is 5.73 Å². The van der Waals surface area contributed by atoms with Crippen molar-refractivity contribution in [1.82, 2.24) is 4.90 Å². The van der Waals surface area contributed by atoms with E-state index in [0.717, 1.165) is 0 Å². The molecule has 0 saturated heterocycles. The van der Waals surface area contributed by atoms with Crippen LogP contribution >= 0.6 is 12.2 Å². The summed E-state index contributed by atoms with van der Waals surface area (Å²) in [4.78, 5) is 2.50. The van der Waals surface area contributed by atoms with Crippen LogP contribution in [0.3, 0.4) is 0 Å². The van der Waals surface area contributed by atoms with Crippen molar-refractivity contribution in [2.75, 3.05) is 21.1 Å². The molecule has 0 rings (SSSR count). The molecular weight excluding hydrogens is 120 g/mol. The maximum absolute atomic E-state index is 4.84. The predicted octanol–water partition coefficient (Wildman–Crippen LogP) is 0.470. The Morgan fingerprint density at radius 1 is 1.38 bits per heavy atom. The quantitative estimate of drug-likeness (QED) is 0.488. The molecule has 8 heavy (non-hydrogen) atoms. The first-order chi connectivity index (χ1) is 3.46. The van der Waals surface area contributed by atoms with Gasteiger partial charge in [0.05, 0.1) is 4.99 Å². The Labute approximate surface area is 56.7 Å². The van der Waals surface area contributed by atoms with Crippen molar-refractivity contribution in [3.63, 3.8) is 0 Å². The molecule has 0 aromatic carbocycles. The Balaban J connectivity index is 0. The molecule has 0 amide bonds. The van der Waals surface area contributed by atoms with Crippen molar-refractivity contribution < 1.29 is 0 Å². The molecule has 0 aliphatic heterocycles. The summed E-state index contributed by atoms with van der Waals surface area (Å²) in [6.45, 7) is 1.68. The highest BCUT2D eigenvalue weighted by atomic mass is 32.1. The zero-order valence-electron chi connectivity index (χ0n) is 5.93. The number of rotatable bonds is 0. The molecular formula is C5H14N2S. The van der Waals surface area contributed by atoms with Gasteiger partial charge in [0.15, 0.2) is 0 Å². The molecule has 0 fully saturated rings. The molecule has 0 aromatic heterocycles. The largest absolute Gasteiger partial charge is 0.394 e. The van der Waals surface area contributed by atoms with Gasteiger partial charge in [0.25, 0.3) is 0 Å². The van der Waals surface area contributed by atoms with E-state index in [9.17, 15) is 0 Å². The molecule has 2 nitrogen and oxygen atoms in total. The van der Waals surface area contributed by atoms with Crippen LogP contribution in [-0.4, -0.2) is 31.0 Å². The van der Waals surface area contributed by atoms with Crippen LogP contribution in [0.25, 0.3) is 0 Å². The van der Waals surface area contributed by atoms with Crippen LogP contribution in [0.15, 0.2) is 0 Å². The van der Waals surface area contributed by atoms with Crippen LogP contribution in [0.4, 0.5) is 0 Å². The normalized spacial score (nSPS) is 7.62. The first-order valence-electron chi connectivity index (χ1n) is 2.33. The van der Waals surface area contributed by atoms with Gasteiger partial charge in [-0.1, -0.05) is 12.2 Å². The van der Waals surface area contributed by atoms with E-state index in [-0.39, 0.29) is 0 Å². The van der Waals surface area contributed by atoms with Gasteiger partial charge in [-0.05, 0) is 28.1 Å². The number of thiocarbonyl (C=S) groups is 1. The van der Waals surface area contributed by atoms with E-state index in [1.807, 2.05) is 26.0 Å². The molecule has 3 heteroatoms. The predicted molar refractivity (Wildman–Crippen MR) is 42.1 cm³/mol. The van der Waals surface area contributed by atoms with E-state index >= 15 is 0 Å². The van der Waals surface area contributed by atoms with Crippen molar-refractivity contribution in [2.24, 2.45) is 5.73 Å². The summed E-state index contributed by atoms with van der Waals surface area (Å²) in [5.74, 6) is 0. The Bertz CT molecular complexity index is 54.7. The molecule has 0 aromatic rings. The fourth-order valence-electron chi connectivity index (χ4n) is 0. The fourth-order valence-corrected chi connectivity index (χ4v) is 0. The second-order valence-electron chi connectivity index (χ2n) is 1.95. The second-order valence-corrected chi connectivity index (χ2v) is 2.60. The second kappa shape index (κ2) is 6.85. The van der Waals surface area contributed by atoms with Crippen LogP contribution in [-0.2, 0) is 0 Å². The van der Waals surface area contributed by atoms with Gasteiger partial charge >= 0.3 is 0 Å². The number of hydrogen-bond acceptors (Lipinski definition) is 2. The van der Waals surface area contributed by atoms with E-state index in [2.05, 4.69) is 12.2 Å². The maximum atomic E-state index is 4.84. The van der Waals surface area contributed by atoms with Crippen molar-refractivity contribution >= 4 is 17.2 Å². The molecule has 0 bridgehead atoms. The van der Waals surface area contributed by atoms with Gasteiger partial charge < -0.3 is 10.6 Å². The minimum absolute atomic E-state index is 0.500. The summed E-state index contributed by atoms with van der Waals surface area (Å²) >= 11 is 4.31. The van der Waals surface area contributed by atoms with Gasteiger partial charge in [0.1, 0.15) is 0 Å². The average molecular weight is 134 g/mol. The van der Waals surface area contributed by atoms with Gasteiger partial charge in [-0.15, -0.1) is 0 Å². The van der Waals surface area contributed by atoms with Gasteiger partial charge in [0, 0.05) is 0 Å². The molecule has 0 radical (unpaired) electrons. The summed E-state index contributed by atoms with van der Waals surface area (Å²) in [6.07, 6.45) is 0. The van der Waals surface area contributed by atoms with Gasteiger partial charge in [-0.25, -0.2) is 0 Å². The first-order valence-corrected chi connectivity index (χ1v) is 2.74. The summed E-state index contributed by atoms with van der Waals surface area (Å²) < 4.78 is 0. The van der Waals surface area contributed by atoms with E-state index in [0.29, 0.717) is 4.99 Å². The zero-order chi connectivity index (χ0) is 7.15. The first kappa shape index (κ1) is 10.8. The SMILES string of the molecule is CC(N)=S.CN(C)C. The third kappa shape index (κ3) is 6120.